The van der Waals surface area contributed by atoms with Gasteiger partial charge in [0.2, 0.25) is 0 Å². The van der Waals surface area contributed by atoms with Crippen LogP contribution in [-0.2, 0) is 4.79 Å². The molecule has 2 bridgehead atoms. The molecule has 0 spiro atoms. The average molecular weight is 183 g/mol. The molecule has 0 saturated carbocycles. The molecule has 0 radical (unpaired) electrons. The molecule has 13 heavy (non-hydrogen) atoms. The van der Waals surface area contributed by atoms with Crippen molar-refractivity contribution in [3.8, 4) is 0 Å². The van der Waals surface area contributed by atoms with Gasteiger partial charge in [-0.3, -0.25) is 0 Å². The number of fused-ring (bicyclic) bond motifs is 2. The highest BCUT2D eigenvalue weighted by molar-refractivity contribution is 5.49. The van der Waals surface area contributed by atoms with E-state index in [9.17, 15) is 9.90 Å². The summed E-state index contributed by atoms with van der Waals surface area (Å²) in [7, 11) is 0. The van der Waals surface area contributed by atoms with Crippen LogP contribution in [0.4, 0.5) is 0 Å². The van der Waals surface area contributed by atoms with E-state index in [0.29, 0.717) is 18.8 Å². The number of carbonyl (C=O) groups is 1. The predicted molar refractivity (Wildman–Crippen MR) is 49.4 cm³/mol. The Morgan fingerprint density at radius 3 is 3.15 bits per heavy atom. The fraction of sp³-hybridized carbons (Fsp3) is 0.900. The number of carbonyl (C=O) groups excluding carboxylic acids is 1. The maximum Gasteiger partial charge on any atom is 0.120 e. The molecule has 1 N–H and O–H groups in total. The summed E-state index contributed by atoms with van der Waals surface area (Å²) in [5, 5.41) is 10.3. The van der Waals surface area contributed by atoms with E-state index in [1.54, 1.807) is 0 Å². The maximum absolute atomic E-state index is 10.3. The van der Waals surface area contributed by atoms with Crippen molar-refractivity contribution in [2.45, 2.75) is 31.3 Å². The van der Waals surface area contributed by atoms with E-state index in [2.05, 4.69) is 4.90 Å². The molecule has 2 aliphatic rings. The Hall–Kier alpha value is -0.410. The second kappa shape index (κ2) is 3.39. The first-order valence-electron chi connectivity index (χ1n) is 5.13. The van der Waals surface area contributed by atoms with Crippen molar-refractivity contribution in [3.05, 3.63) is 0 Å². The molecule has 2 rings (SSSR count). The van der Waals surface area contributed by atoms with Crippen LogP contribution in [0.5, 0.6) is 0 Å². The highest BCUT2D eigenvalue weighted by atomic mass is 16.3. The second-order valence-electron chi connectivity index (χ2n) is 4.35. The summed E-state index contributed by atoms with van der Waals surface area (Å²) in [6.45, 7) is 3.18. The zero-order valence-electron chi connectivity index (χ0n) is 7.91. The topological polar surface area (TPSA) is 40.5 Å². The molecule has 0 aromatic rings. The van der Waals surface area contributed by atoms with Crippen molar-refractivity contribution in [1.82, 2.24) is 4.90 Å². The number of hydrogen-bond acceptors (Lipinski definition) is 3. The zero-order chi connectivity index (χ0) is 9.31. The number of aldehydes is 1. The summed E-state index contributed by atoms with van der Waals surface area (Å²) in [5.74, 6) is 0.418. The van der Waals surface area contributed by atoms with Gasteiger partial charge in [0.25, 0.3) is 0 Å². The molecule has 3 unspecified atom stereocenters. The van der Waals surface area contributed by atoms with Gasteiger partial charge in [-0.25, -0.2) is 0 Å². The van der Waals surface area contributed by atoms with Gasteiger partial charge in [0.1, 0.15) is 6.29 Å². The minimum atomic E-state index is -0.534. The van der Waals surface area contributed by atoms with Gasteiger partial charge in [0.15, 0.2) is 0 Å². The van der Waals surface area contributed by atoms with E-state index >= 15 is 0 Å². The number of aliphatic hydroxyl groups is 1. The number of rotatable bonds is 3. The van der Waals surface area contributed by atoms with Gasteiger partial charge >= 0.3 is 0 Å². The van der Waals surface area contributed by atoms with E-state index < -0.39 is 5.60 Å². The molecule has 2 heterocycles. The third kappa shape index (κ3) is 1.63. The molecular formula is C10H17NO2. The fourth-order valence-electron chi connectivity index (χ4n) is 2.67. The van der Waals surface area contributed by atoms with E-state index in [0.717, 1.165) is 38.8 Å². The monoisotopic (exact) mass is 183 g/mol. The highest BCUT2D eigenvalue weighted by Crippen LogP contribution is 2.38. The lowest BCUT2D eigenvalue weighted by molar-refractivity contribution is -0.110. The lowest BCUT2D eigenvalue weighted by atomic mass is 9.79. The van der Waals surface area contributed by atoms with Crippen LogP contribution in [0.25, 0.3) is 0 Å². The first kappa shape index (κ1) is 9.16. The van der Waals surface area contributed by atoms with Gasteiger partial charge in [-0.15, -0.1) is 0 Å². The van der Waals surface area contributed by atoms with Crippen LogP contribution < -0.4 is 0 Å². The third-order valence-electron chi connectivity index (χ3n) is 3.59. The standard InChI is InChI=1S/C10H17NO2/c12-7-1-3-10(13)4-6-11-5-2-9(10)8-11/h7,9,13H,1-6,8H2. The van der Waals surface area contributed by atoms with Gasteiger partial charge in [-0.2, -0.15) is 0 Å². The van der Waals surface area contributed by atoms with Crippen molar-refractivity contribution in [1.29, 1.82) is 0 Å². The van der Waals surface area contributed by atoms with Crippen LogP contribution in [0.2, 0.25) is 0 Å². The predicted octanol–water partition coefficient (Wildman–Crippen LogP) is 0.422. The Kier molecular flexibility index (Phi) is 2.39. The molecular weight excluding hydrogens is 166 g/mol. The van der Waals surface area contributed by atoms with Crippen molar-refractivity contribution in [3.63, 3.8) is 0 Å². The van der Waals surface area contributed by atoms with Crippen molar-refractivity contribution >= 4 is 6.29 Å². The SMILES string of the molecule is O=CCCC1(O)CCN2CCC1C2. The summed E-state index contributed by atoms with van der Waals surface area (Å²) in [5.41, 5.74) is -0.534. The second-order valence-corrected chi connectivity index (χ2v) is 4.35. The molecule has 0 amide bonds. The molecule has 3 atom stereocenters. The minimum absolute atomic E-state index is 0.418. The van der Waals surface area contributed by atoms with Crippen LogP contribution in [0.1, 0.15) is 25.7 Å². The number of hydrogen-bond donors (Lipinski definition) is 1. The Bertz CT molecular complexity index is 207. The Morgan fingerprint density at radius 2 is 2.38 bits per heavy atom. The largest absolute Gasteiger partial charge is 0.389 e. The van der Waals surface area contributed by atoms with Crippen molar-refractivity contribution in [2.75, 3.05) is 19.6 Å². The third-order valence-corrected chi connectivity index (χ3v) is 3.59. The fourth-order valence-corrected chi connectivity index (χ4v) is 2.67. The van der Waals surface area contributed by atoms with Gasteiger partial charge in [0, 0.05) is 25.4 Å². The van der Waals surface area contributed by atoms with Gasteiger partial charge in [-0.05, 0) is 25.8 Å². The maximum atomic E-state index is 10.3. The van der Waals surface area contributed by atoms with E-state index in [-0.39, 0.29) is 0 Å². The van der Waals surface area contributed by atoms with Crippen LogP contribution in [0.15, 0.2) is 0 Å². The average Bonchev–Trinajstić information content (AvgIpc) is 2.55. The summed E-state index contributed by atoms with van der Waals surface area (Å²) in [6.07, 6.45) is 4.04. The Balaban J connectivity index is 1.99. The van der Waals surface area contributed by atoms with Gasteiger partial charge in [0.05, 0.1) is 5.60 Å². The molecule has 0 aromatic carbocycles. The molecule has 74 valence electrons. The summed E-state index contributed by atoms with van der Waals surface area (Å²) >= 11 is 0. The Labute approximate surface area is 78.7 Å². The molecule has 2 aliphatic heterocycles. The molecule has 0 aliphatic carbocycles. The highest BCUT2D eigenvalue weighted by Gasteiger charge is 2.44. The molecule has 2 fully saturated rings. The lowest BCUT2D eigenvalue weighted by Crippen LogP contribution is -2.46. The lowest BCUT2D eigenvalue weighted by Gasteiger charge is -2.38. The number of nitrogens with zero attached hydrogens (tertiary/aromatic N) is 1. The summed E-state index contributed by atoms with van der Waals surface area (Å²) in [4.78, 5) is 12.7. The first-order chi connectivity index (χ1) is 6.24. The summed E-state index contributed by atoms with van der Waals surface area (Å²) in [6, 6.07) is 0. The van der Waals surface area contributed by atoms with Crippen molar-refractivity contribution in [2.24, 2.45) is 5.92 Å². The van der Waals surface area contributed by atoms with Crippen LogP contribution in [0, 0.1) is 5.92 Å². The molecule has 2 saturated heterocycles. The van der Waals surface area contributed by atoms with E-state index in [1.807, 2.05) is 0 Å². The van der Waals surface area contributed by atoms with Crippen LogP contribution in [-0.4, -0.2) is 41.5 Å². The smallest absolute Gasteiger partial charge is 0.120 e. The molecule has 3 nitrogen and oxygen atoms in total. The Morgan fingerprint density at radius 1 is 1.54 bits per heavy atom. The minimum Gasteiger partial charge on any atom is -0.389 e. The van der Waals surface area contributed by atoms with Gasteiger partial charge in [-0.1, -0.05) is 0 Å². The molecule has 0 aromatic heterocycles. The number of piperidine rings is 1. The molecule has 3 heteroatoms. The zero-order valence-corrected chi connectivity index (χ0v) is 7.91. The van der Waals surface area contributed by atoms with Crippen LogP contribution >= 0.6 is 0 Å². The summed E-state index contributed by atoms with van der Waals surface area (Å²) < 4.78 is 0. The van der Waals surface area contributed by atoms with E-state index in [4.69, 9.17) is 0 Å². The first-order valence-corrected chi connectivity index (χ1v) is 5.13. The normalized spacial score (nSPS) is 43.5. The van der Waals surface area contributed by atoms with Crippen LogP contribution in [0.3, 0.4) is 0 Å². The van der Waals surface area contributed by atoms with E-state index in [1.165, 1.54) is 0 Å². The van der Waals surface area contributed by atoms with Gasteiger partial charge < -0.3 is 14.8 Å². The van der Waals surface area contributed by atoms with Crippen molar-refractivity contribution < 1.29 is 9.90 Å². The quantitative estimate of drug-likeness (QED) is 0.645.